The molecule has 1 N–H and O–H groups in total. The van der Waals surface area contributed by atoms with Crippen LogP contribution in [0.15, 0.2) is 11.3 Å². The third kappa shape index (κ3) is 2.62. The molecular weight excluding hydrogens is 164 g/mol. The number of Topliss-reactive ketones (excluding diaryl/α,β-unsaturated/α-hetero) is 1. The summed E-state index contributed by atoms with van der Waals surface area (Å²) in [6, 6.07) is 0. The third-order valence-electron chi connectivity index (χ3n) is 2.07. The fourth-order valence-corrected chi connectivity index (χ4v) is 1.36. The number of carbonyl (C=O) groups is 1. The Balaban J connectivity index is 2.69. The normalized spacial score (nSPS) is 16.8. The number of aliphatic hydroxyl groups is 1. The van der Waals surface area contributed by atoms with E-state index in [2.05, 4.69) is 11.8 Å². The van der Waals surface area contributed by atoms with E-state index < -0.39 is 0 Å². The van der Waals surface area contributed by atoms with Gasteiger partial charge in [-0.25, -0.2) is 0 Å². The molecule has 0 aliphatic heterocycles. The van der Waals surface area contributed by atoms with Gasteiger partial charge in [-0.05, 0) is 6.42 Å². The summed E-state index contributed by atoms with van der Waals surface area (Å²) >= 11 is 0. The number of allylic oxidation sites excluding steroid dienone is 2. The van der Waals surface area contributed by atoms with Crippen molar-refractivity contribution in [2.75, 3.05) is 0 Å². The van der Waals surface area contributed by atoms with Crippen LogP contribution < -0.4 is 0 Å². The second-order valence-corrected chi connectivity index (χ2v) is 3.09. The van der Waals surface area contributed by atoms with E-state index in [0.29, 0.717) is 24.8 Å². The summed E-state index contributed by atoms with van der Waals surface area (Å²) in [5.41, 5.74) is 0.534. The van der Waals surface area contributed by atoms with Crippen LogP contribution in [0.1, 0.15) is 39.0 Å². The van der Waals surface area contributed by atoms with Gasteiger partial charge in [-0.15, -0.1) is 5.92 Å². The van der Waals surface area contributed by atoms with E-state index >= 15 is 0 Å². The fraction of sp³-hybridized carbons (Fsp3) is 0.545. The molecule has 0 radical (unpaired) electrons. The number of hydrogen-bond donors (Lipinski definition) is 1. The van der Waals surface area contributed by atoms with E-state index in [1.165, 1.54) is 0 Å². The van der Waals surface area contributed by atoms with Crippen LogP contribution >= 0.6 is 0 Å². The van der Waals surface area contributed by atoms with Crippen molar-refractivity contribution in [2.45, 2.75) is 39.0 Å². The van der Waals surface area contributed by atoms with Gasteiger partial charge >= 0.3 is 0 Å². The van der Waals surface area contributed by atoms with Gasteiger partial charge in [0.1, 0.15) is 0 Å². The molecule has 1 rings (SSSR count). The first-order valence-corrected chi connectivity index (χ1v) is 4.65. The number of hydrogen-bond acceptors (Lipinski definition) is 2. The Kier molecular flexibility index (Phi) is 3.57. The molecule has 0 unspecified atom stereocenters. The van der Waals surface area contributed by atoms with Crippen molar-refractivity contribution in [3.63, 3.8) is 0 Å². The molecule has 2 heteroatoms. The maximum atomic E-state index is 11.3. The smallest absolute Gasteiger partial charge is 0.163 e. The van der Waals surface area contributed by atoms with E-state index in [4.69, 9.17) is 0 Å². The van der Waals surface area contributed by atoms with Crippen molar-refractivity contribution in [2.24, 2.45) is 0 Å². The molecule has 0 heterocycles. The molecule has 0 amide bonds. The van der Waals surface area contributed by atoms with Crippen molar-refractivity contribution in [1.29, 1.82) is 0 Å². The Morgan fingerprint density at radius 3 is 2.77 bits per heavy atom. The Hall–Kier alpha value is -1.23. The van der Waals surface area contributed by atoms with Gasteiger partial charge in [-0.3, -0.25) is 4.79 Å². The molecular formula is C11H14O2. The molecule has 0 spiro atoms. The van der Waals surface area contributed by atoms with Gasteiger partial charge in [0, 0.05) is 31.3 Å². The topological polar surface area (TPSA) is 37.3 Å². The van der Waals surface area contributed by atoms with E-state index in [1.54, 1.807) is 0 Å². The lowest BCUT2D eigenvalue weighted by atomic mass is 9.94. The van der Waals surface area contributed by atoms with Gasteiger partial charge in [0.05, 0.1) is 5.76 Å². The first-order chi connectivity index (χ1) is 6.25. The molecule has 70 valence electrons. The molecule has 13 heavy (non-hydrogen) atoms. The molecule has 1 aliphatic carbocycles. The third-order valence-corrected chi connectivity index (χ3v) is 2.07. The number of rotatable bonds is 1. The summed E-state index contributed by atoms with van der Waals surface area (Å²) in [6.45, 7) is 1.96. The lowest BCUT2D eigenvalue weighted by molar-refractivity contribution is -0.116. The highest BCUT2D eigenvalue weighted by Crippen LogP contribution is 2.21. The van der Waals surface area contributed by atoms with Crippen LogP contribution in [0.5, 0.6) is 0 Å². The zero-order valence-corrected chi connectivity index (χ0v) is 7.89. The summed E-state index contributed by atoms with van der Waals surface area (Å²) in [5.74, 6) is 6.08. The second-order valence-electron chi connectivity index (χ2n) is 3.09. The van der Waals surface area contributed by atoms with Crippen LogP contribution in [0, 0.1) is 11.8 Å². The average molecular weight is 178 g/mol. The molecule has 0 aromatic rings. The molecule has 0 atom stereocenters. The van der Waals surface area contributed by atoms with Gasteiger partial charge in [0.15, 0.2) is 5.78 Å². The van der Waals surface area contributed by atoms with E-state index in [-0.39, 0.29) is 11.5 Å². The predicted molar refractivity (Wildman–Crippen MR) is 51.2 cm³/mol. The maximum Gasteiger partial charge on any atom is 0.163 e. The highest BCUT2D eigenvalue weighted by atomic mass is 16.3. The SMILES string of the molecule is CCC#CCC1=C(O)CCCC1=O. The first-order valence-electron chi connectivity index (χ1n) is 4.65. The number of carbonyl (C=O) groups excluding carboxylic acids is 1. The highest BCUT2D eigenvalue weighted by Gasteiger charge is 2.18. The Morgan fingerprint density at radius 1 is 1.38 bits per heavy atom. The van der Waals surface area contributed by atoms with Crippen LogP contribution in [0.2, 0.25) is 0 Å². The molecule has 0 aromatic heterocycles. The quantitative estimate of drug-likeness (QED) is 0.626. The Bertz CT molecular complexity index is 289. The van der Waals surface area contributed by atoms with Crippen LogP contribution in [-0.4, -0.2) is 10.9 Å². The predicted octanol–water partition coefficient (Wildman–Crippen LogP) is 2.36. The molecule has 2 nitrogen and oxygen atoms in total. The van der Waals surface area contributed by atoms with Gasteiger partial charge in [0.2, 0.25) is 0 Å². The van der Waals surface area contributed by atoms with Gasteiger partial charge in [0.25, 0.3) is 0 Å². The summed E-state index contributed by atoms with van der Waals surface area (Å²) in [4.78, 5) is 11.3. The molecule has 0 bridgehead atoms. The molecule has 0 fully saturated rings. The summed E-state index contributed by atoms with van der Waals surface area (Å²) in [5, 5.41) is 9.43. The largest absolute Gasteiger partial charge is 0.512 e. The summed E-state index contributed by atoms with van der Waals surface area (Å²) in [7, 11) is 0. The van der Waals surface area contributed by atoms with Crippen LogP contribution in [-0.2, 0) is 4.79 Å². The van der Waals surface area contributed by atoms with Gasteiger partial charge < -0.3 is 5.11 Å². The summed E-state index contributed by atoms with van der Waals surface area (Å²) in [6.07, 6.45) is 3.18. The molecule has 0 saturated heterocycles. The minimum Gasteiger partial charge on any atom is -0.512 e. The highest BCUT2D eigenvalue weighted by molar-refractivity contribution is 5.96. The van der Waals surface area contributed by atoms with E-state index in [0.717, 1.165) is 12.8 Å². The minimum atomic E-state index is 0.0640. The van der Waals surface area contributed by atoms with E-state index in [9.17, 15) is 9.90 Å². The van der Waals surface area contributed by atoms with E-state index in [1.807, 2.05) is 6.92 Å². The van der Waals surface area contributed by atoms with Crippen LogP contribution in [0.4, 0.5) is 0 Å². The fourth-order valence-electron chi connectivity index (χ4n) is 1.36. The van der Waals surface area contributed by atoms with Gasteiger partial charge in [-0.2, -0.15) is 0 Å². The lowest BCUT2D eigenvalue weighted by Gasteiger charge is -2.12. The number of aliphatic hydroxyl groups excluding tert-OH is 1. The van der Waals surface area contributed by atoms with Crippen molar-refractivity contribution >= 4 is 5.78 Å². The van der Waals surface area contributed by atoms with Crippen molar-refractivity contribution in [3.8, 4) is 11.8 Å². The average Bonchev–Trinajstić information content (AvgIpc) is 2.10. The monoisotopic (exact) mass is 178 g/mol. The molecule has 1 aliphatic rings. The van der Waals surface area contributed by atoms with Crippen molar-refractivity contribution in [3.05, 3.63) is 11.3 Å². The van der Waals surface area contributed by atoms with Crippen molar-refractivity contribution < 1.29 is 9.90 Å². The molecule has 0 aromatic carbocycles. The lowest BCUT2D eigenvalue weighted by Crippen LogP contribution is -2.11. The van der Waals surface area contributed by atoms with Crippen LogP contribution in [0.25, 0.3) is 0 Å². The first kappa shape index (κ1) is 9.85. The Labute approximate surface area is 78.6 Å². The standard InChI is InChI=1S/C11H14O2/c1-2-3-4-6-9-10(12)7-5-8-11(9)13/h12H,2,5-8H2,1H3. The Morgan fingerprint density at radius 2 is 2.15 bits per heavy atom. The number of ketones is 1. The molecule has 0 saturated carbocycles. The maximum absolute atomic E-state index is 11.3. The van der Waals surface area contributed by atoms with Gasteiger partial charge in [-0.1, -0.05) is 12.8 Å². The second kappa shape index (κ2) is 4.71. The summed E-state index contributed by atoms with van der Waals surface area (Å²) < 4.78 is 0. The zero-order valence-electron chi connectivity index (χ0n) is 7.89. The minimum absolute atomic E-state index is 0.0640. The zero-order chi connectivity index (χ0) is 9.68. The van der Waals surface area contributed by atoms with Crippen LogP contribution in [0.3, 0.4) is 0 Å². The van der Waals surface area contributed by atoms with Crippen molar-refractivity contribution in [1.82, 2.24) is 0 Å².